The van der Waals surface area contributed by atoms with Gasteiger partial charge in [0.05, 0.1) is 0 Å². The van der Waals surface area contributed by atoms with Crippen LogP contribution in [0.5, 0.6) is 0 Å². The summed E-state index contributed by atoms with van der Waals surface area (Å²) in [5, 5.41) is 8.47. The van der Waals surface area contributed by atoms with Crippen molar-refractivity contribution < 1.29 is 0 Å². The number of rotatable bonds is 5. The molecule has 3 heteroatoms. The van der Waals surface area contributed by atoms with Crippen molar-refractivity contribution in [2.24, 2.45) is 0 Å². The van der Waals surface area contributed by atoms with Gasteiger partial charge in [0, 0.05) is 38.4 Å². The molecule has 1 atom stereocenters. The third-order valence-electron chi connectivity index (χ3n) is 4.35. The van der Waals surface area contributed by atoms with Gasteiger partial charge in [0.2, 0.25) is 0 Å². The molecule has 1 aliphatic rings. The average Bonchev–Trinajstić information content (AvgIpc) is 2.56. The standard InChI is InChI=1S/C19H25N3/c1-21-16-19(20-18-10-6-3-7-11-18)13-15-22(21)14-12-17-8-4-2-5-9-17/h2-11,19-20H,12-16H2,1H3. The lowest BCUT2D eigenvalue weighted by molar-refractivity contribution is -0.0302. The van der Waals surface area contributed by atoms with E-state index in [0.717, 1.165) is 26.1 Å². The lowest BCUT2D eigenvalue weighted by atomic mass is 10.1. The molecule has 22 heavy (non-hydrogen) atoms. The van der Waals surface area contributed by atoms with Gasteiger partial charge in [-0.05, 0) is 30.5 Å². The van der Waals surface area contributed by atoms with Crippen LogP contribution in [0.2, 0.25) is 0 Å². The van der Waals surface area contributed by atoms with Gasteiger partial charge >= 0.3 is 0 Å². The van der Waals surface area contributed by atoms with Crippen molar-refractivity contribution in [3.05, 3.63) is 66.2 Å². The Morgan fingerprint density at radius 2 is 1.68 bits per heavy atom. The summed E-state index contributed by atoms with van der Waals surface area (Å²) in [6.45, 7) is 3.27. The third-order valence-corrected chi connectivity index (χ3v) is 4.35. The topological polar surface area (TPSA) is 18.5 Å². The first-order chi connectivity index (χ1) is 10.8. The fourth-order valence-electron chi connectivity index (χ4n) is 3.07. The van der Waals surface area contributed by atoms with Crippen molar-refractivity contribution in [3.63, 3.8) is 0 Å². The van der Waals surface area contributed by atoms with Crippen LogP contribution in [0.3, 0.4) is 0 Å². The first kappa shape index (κ1) is 15.1. The Morgan fingerprint density at radius 1 is 1.00 bits per heavy atom. The number of hydrogen-bond donors (Lipinski definition) is 1. The second-order valence-corrected chi connectivity index (χ2v) is 6.03. The van der Waals surface area contributed by atoms with Gasteiger partial charge in [0.1, 0.15) is 0 Å². The smallest absolute Gasteiger partial charge is 0.0415 e. The summed E-state index contributed by atoms with van der Waals surface area (Å²) >= 11 is 0. The molecule has 1 aliphatic heterocycles. The summed E-state index contributed by atoms with van der Waals surface area (Å²) in [5.41, 5.74) is 2.64. The Hall–Kier alpha value is -1.84. The molecule has 0 aliphatic carbocycles. The highest BCUT2D eigenvalue weighted by Crippen LogP contribution is 2.15. The maximum absolute atomic E-state index is 3.64. The number of benzene rings is 2. The highest BCUT2D eigenvalue weighted by Gasteiger charge is 2.23. The largest absolute Gasteiger partial charge is 0.381 e. The van der Waals surface area contributed by atoms with Crippen molar-refractivity contribution in [2.75, 3.05) is 32.0 Å². The van der Waals surface area contributed by atoms with Crippen LogP contribution in [0.1, 0.15) is 12.0 Å². The molecule has 3 nitrogen and oxygen atoms in total. The Morgan fingerprint density at radius 3 is 2.36 bits per heavy atom. The van der Waals surface area contributed by atoms with Crippen LogP contribution in [0.4, 0.5) is 5.69 Å². The molecule has 2 aromatic rings. The maximum Gasteiger partial charge on any atom is 0.0415 e. The van der Waals surface area contributed by atoms with Gasteiger partial charge in [0.25, 0.3) is 0 Å². The van der Waals surface area contributed by atoms with Crippen LogP contribution in [0.25, 0.3) is 0 Å². The molecular formula is C19H25N3. The molecule has 116 valence electrons. The summed E-state index contributed by atoms with van der Waals surface area (Å²) in [5.74, 6) is 0. The fourth-order valence-corrected chi connectivity index (χ4v) is 3.07. The van der Waals surface area contributed by atoms with E-state index in [4.69, 9.17) is 0 Å². The molecule has 0 spiro atoms. The van der Waals surface area contributed by atoms with Gasteiger partial charge in [-0.15, -0.1) is 0 Å². The molecule has 1 heterocycles. The minimum absolute atomic E-state index is 0.528. The Kier molecular flexibility index (Phi) is 5.09. The van der Waals surface area contributed by atoms with Crippen molar-refractivity contribution in [2.45, 2.75) is 18.9 Å². The van der Waals surface area contributed by atoms with E-state index in [2.05, 4.69) is 83.0 Å². The number of hydrazine groups is 1. The molecule has 3 rings (SSSR count). The molecule has 0 radical (unpaired) electrons. The summed E-state index contributed by atoms with van der Waals surface area (Å²) in [6.07, 6.45) is 2.30. The van der Waals surface area contributed by atoms with Crippen LogP contribution in [0, 0.1) is 0 Å². The molecule has 0 amide bonds. The Balaban J connectivity index is 1.48. The fraction of sp³-hybridized carbons (Fsp3) is 0.368. The van der Waals surface area contributed by atoms with Crippen LogP contribution in [-0.4, -0.2) is 42.7 Å². The van der Waals surface area contributed by atoms with Crippen molar-refractivity contribution in [1.82, 2.24) is 10.0 Å². The van der Waals surface area contributed by atoms with E-state index in [9.17, 15) is 0 Å². The summed E-state index contributed by atoms with van der Waals surface area (Å²) < 4.78 is 0. The summed E-state index contributed by atoms with van der Waals surface area (Å²) in [7, 11) is 2.20. The number of likely N-dealkylation sites (N-methyl/N-ethyl adjacent to an activating group) is 1. The predicted octanol–water partition coefficient (Wildman–Crippen LogP) is 3.26. The number of nitrogens with one attached hydrogen (secondary N) is 1. The van der Waals surface area contributed by atoms with E-state index in [0.29, 0.717) is 6.04 Å². The van der Waals surface area contributed by atoms with Crippen LogP contribution in [0.15, 0.2) is 60.7 Å². The lowest BCUT2D eigenvalue weighted by Gasteiger charge is -2.40. The molecule has 0 aromatic heterocycles. The van der Waals surface area contributed by atoms with Gasteiger partial charge in [-0.3, -0.25) is 0 Å². The lowest BCUT2D eigenvalue weighted by Crippen LogP contribution is -2.52. The molecular weight excluding hydrogens is 270 g/mol. The zero-order valence-electron chi connectivity index (χ0n) is 13.3. The van der Waals surface area contributed by atoms with Gasteiger partial charge in [-0.1, -0.05) is 48.5 Å². The van der Waals surface area contributed by atoms with E-state index >= 15 is 0 Å². The first-order valence-corrected chi connectivity index (χ1v) is 8.13. The van der Waals surface area contributed by atoms with E-state index in [1.54, 1.807) is 0 Å². The van der Waals surface area contributed by atoms with Crippen LogP contribution >= 0.6 is 0 Å². The zero-order chi connectivity index (χ0) is 15.2. The van der Waals surface area contributed by atoms with Gasteiger partial charge in [-0.25, -0.2) is 10.0 Å². The van der Waals surface area contributed by atoms with E-state index < -0.39 is 0 Å². The zero-order valence-corrected chi connectivity index (χ0v) is 13.3. The Labute approximate surface area is 133 Å². The molecule has 1 saturated heterocycles. The van der Waals surface area contributed by atoms with Gasteiger partial charge < -0.3 is 5.32 Å². The number of nitrogens with zero attached hydrogens (tertiary/aromatic N) is 2. The predicted molar refractivity (Wildman–Crippen MR) is 92.8 cm³/mol. The van der Waals surface area contributed by atoms with E-state index in [-0.39, 0.29) is 0 Å². The number of anilines is 1. The molecule has 0 bridgehead atoms. The van der Waals surface area contributed by atoms with Gasteiger partial charge in [0.15, 0.2) is 0 Å². The normalized spacial score (nSPS) is 20.0. The maximum atomic E-state index is 3.64. The second-order valence-electron chi connectivity index (χ2n) is 6.03. The number of hydrogen-bond acceptors (Lipinski definition) is 3. The SMILES string of the molecule is CN1CC(Nc2ccccc2)CCN1CCc1ccccc1. The molecule has 0 saturated carbocycles. The highest BCUT2D eigenvalue weighted by molar-refractivity contribution is 5.43. The van der Waals surface area contributed by atoms with E-state index in [1.165, 1.54) is 17.7 Å². The van der Waals surface area contributed by atoms with Crippen LogP contribution in [-0.2, 0) is 6.42 Å². The molecule has 1 unspecified atom stereocenters. The summed E-state index contributed by atoms with van der Waals surface area (Å²) in [4.78, 5) is 0. The quantitative estimate of drug-likeness (QED) is 0.913. The highest BCUT2D eigenvalue weighted by atomic mass is 15.6. The van der Waals surface area contributed by atoms with E-state index in [1.807, 2.05) is 0 Å². The molecule has 2 aromatic carbocycles. The monoisotopic (exact) mass is 295 g/mol. The molecule has 1 N–H and O–H groups in total. The summed E-state index contributed by atoms with van der Waals surface area (Å²) in [6, 6.07) is 21.8. The second kappa shape index (κ2) is 7.43. The average molecular weight is 295 g/mol. The Bertz CT molecular complexity index is 555. The minimum atomic E-state index is 0.528. The van der Waals surface area contributed by atoms with Crippen molar-refractivity contribution in [1.29, 1.82) is 0 Å². The third kappa shape index (κ3) is 4.09. The van der Waals surface area contributed by atoms with Crippen molar-refractivity contribution in [3.8, 4) is 0 Å². The first-order valence-electron chi connectivity index (χ1n) is 8.13. The number of para-hydroxylation sites is 1. The van der Waals surface area contributed by atoms with Gasteiger partial charge in [-0.2, -0.15) is 0 Å². The minimum Gasteiger partial charge on any atom is -0.381 e. The van der Waals surface area contributed by atoms with Crippen molar-refractivity contribution >= 4 is 5.69 Å². The molecule has 1 fully saturated rings. The van der Waals surface area contributed by atoms with Crippen LogP contribution < -0.4 is 5.32 Å².